The minimum Gasteiger partial charge on any atom is -0.396 e. The molecule has 100 valence electrons. The number of H-pyrrole nitrogens is 1. The molecule has 0 radical (unpaired) electrons. The average molecular weight is 262 g/mol. The van der Waals surface area contributed by atoms with Gasteiger partial charge in [0.15, 0.2) is 0 Å². The number of hydrogen-bond donors (Lipinski definition) is 3. The van der Waals surface area contributed by atoms with Crippen LogP contribution in [-0.4, -0.2) is 15.9 Å². The lowest BCUT2D eigenvalue weighted by Gasteiger charge is -2.14. The van der Waals surface area contributed by atoms with Gasteiger partial charge in [0.25, 0.3) is 5.91 Å². The van der Waals surface area contributed by atoms with Gasteiger partial charge in [0.05, 0.1) is 11.7 Å². The largest absolute Gasteiger partial charge is 0.396 e. The van der Waals surface area contributed by atoms with Crippen LogP contribution in [0, 0.1) is 5.82 Å². The van der Waals surface area contributed by atoms with Gasteiger partial charge in [-0.15, -0.1) is 0 Å². The van der Waals surface area contributed by atoms with E-state index in [1.807, 2.05) is 6.92 Å². The first-order chi connectivity index (χ1) is 9.11. The number of anilines is 1. The first kappa shape index (κ1) is 13.1. The first-order valence-electron chi connectivity index (χ1n) is 5.97. The highest BCUT2D eigenvalue weighted by atomic mass is 19.1. The van der Waals surface area contributed by atoms with Crippen molar-refractivity contribution in [3.05, 3.63) is 47.8 Å². The molecule has 2 rings (SSSR count). The highest BCUT2D eigenvalue weighted by molar-refractivity contribution is 5.94. The summed E-state index contributed by atoms with van der Waals surface area (Å²) in [6.07, 6.45) is 3.98. The summed E-state index contributed by atoms with van der Waals surface area (Å²) >= 11 is 0. The van der Waals surface area contributed by atoms with Gasteiger partial charge in [-0.2, -0.15) is 0 Å². The third kappa shape index (κ3) is 2.90. The molecular weight excluding hydrogens is 247 g/mol. The molecule has 1 aromatic carbocycles. The van der Waals surface area contributed by atoms with Crippen LogP contribution < -0.4 is 11.1 Å². The maximum Gasteiger partial charge on any atom is 0.251 e. The molecule has 19 heavy (non-hydrogen) atoms. The Balaban J connectivity index is 2.13. The van der Waals surface area contributed by atoms with Crippen LogP contribution in [0.1, 0.15) is 35.6 Å². The van der Waals surface area contributed by atoms with E-state index < -0.39 is 5.82 Å². The number of rotatable bonds is 4. The number of imidazole rings is 1. The van der Waals surface area contributed by atoms with Crippen LogP contribution in [0.15, 0.2) is 30.6 Å². The predicted octanol–water partition coefficient (Wildman–Crippen LogP) is 2.01. The van der Waals surface area contributed by atoms with Crippen molar-refractivity contribution in [3.8, 4) is 0 Å². The molecule has 0 saturated carbocycles. The molecule has 0 spiro atoms. The maximum atomic E-state index is 13.3. The Morgan fingerprint density at radius 3 is 2.95 bits per heavy atom. The van der Waals surface area contributed by atoms with Crippen molar-refractivity contribution in [1.82, 2.24) is 15.3 Å². The van der Waals surface area contributed by atoms with Crippen molar-refractivity contribution in [2.75, 3.05) is 5.73 Å². The Morgan fingerprint density at radius 2 is 2.37 bits per heavy atom. The second-order valence-electron chi connectivity index (χ2n) is 4.15. The summed E-state index contributed by atoms with van der Waals surface area (Å²) in [5, 5.41) is 2.79. The predicted molar refractivity (Wildman–Crippen MR) is 69.9 cm³/mol. The number of nitrogen functional groups attached to an aromatic ring is 1. The molecule has 4 N–H and O–H groups in total. The summed E-state index contributed by atoms with van der Waals surface area (Å²) < 4.78 is 13.3. The van der Waals surface area contributed by atoms with E-state index in [0.29, 0.717) is 12.2 Å². The second kappa shape index (κ2) is 5.51. The summed E-state index contributed by atoms with van der Waals surface area (Å²) in [5.41, 5.74) is 5.63. The van der Waals surface area contributed by atoms with Gasteiger partial charge in [-0.25, -0.2) is 9.37 Å². The van der Waals surface area contributed by atoms with Gasteiger partial charge in [-0.3, -0.25) is 4.79 Å². The van der Waals surface area contributed by atoms with E-state index in [-0.39, 0.29) is 23.2 Å². The van der Waals surface area contributed by atoms with E-state index in [2.05, 4.69) is 15.3 Å². The highest BCUT2D eigenvalue weighted by Gasteiger charge is 2.16. The number of amides is 1. The van der Waals surface area contributed by atoms with Crippen LogP contribution in [0.25, 0.3) is 0 Å². The Morgan fingerprint density at radius 1 is 1.58 bits per heavy atom. The van der Waals surface area contributed by atoms with E-state index in [9.17, 15) is 9.18 Å². The fourth-order valence-electron chi connectivity index (χ4n) is 1.74. The van der Waals surface area contributed by atoms with Crippen molar-refractivity contribution in [2.24, 2.45) is 0 Å². The molecule has 5 nitrogen and oxygen atoms in total. The third-order valence-electron chi connectivity index (χ3n) is 2.83. The Labute approximate surface area is 110 Å². The van der Waals surface area contributed by atoms with Crippen LogP contribution in [0.4, 0.5) is 10.1 Å². The topological polar surface area (TPSA) is 83.8 Å². The number of halogens is 1. The molecule has 0 bridgehead atoms. The molecule has 6 heteroatoms. The molecule has 2 aromatic rings. The van der Waals surface area contributed by atoms with Gasteiger partial charge >= 0.3 is 0 Å². The molecule has 1 atom stereocenters. The van der Waals surface area contributed by atoms with Gasteiger partial charge in [-0.1, -0.05) is 6.92 Å². The number of carbonyl (C=O) groups excluding carboxylic acids is 1. The summed E-state index contributed by atoms with van der Waals surface area (Å²) in [6.45, 7) is 1.93. The fourth-order valence-corrected chi connectivity index (χ4v) is 1.74. The highest BCUT2D eigenvalue weighted by Crippen LogP contribution is 2.15. The number of aromatic amines is 1. The van der Waals surface area contributed by atoms with Gasteiger partial charge in [0, 0.05) is 18.0 Å². The normalized spacial score (nSPS) is 12.1. The summed E-state index contributed by atoms with van der Waals surface area (Å²) in [4.78, 5) is 19.1. The average Bonchev–Trinajstić information content (AvgIpc) is 2.92. The Bertz CT molecular complexity index is 568. The number of hydrogen-bond acceptors (Lipinski definition) is 3. The number of nitrogens with two attached hydrogens (primary N) is 1. The molecule has 1 heterocycles. The number of aromatic nitrogens is 2. The molecule has 1 aromatic heterocycles. The van der Waals surface area contributed by atoms with Crippen LogP contribution in [0.5, 0.6) is 0 Å². The standard InChI is InChI=1S/C13H15FN4O/c1-2-11(12-16-5-6-17-12)18-13(19)8-3-4-10(15)9(14)7-8/h3-7,11H,2,15H2,1H3,(H,16,17)(H,18,19). The zero-order valence-corrected chi connectivity index (χ0v) is 10.5. The fraction of sp³-hybridized carbons (Fsp3) is 0.231. The summed E-state index contributed by atoms with van der Waals surface area (Å²) in [7, 11) is 0. The van der Waals surface area contributed by atoms with Crippen LogP contribution in [-0.2, 0) is 0 Å². The zero-order valence-electron chi connectivity index (χ0n) is 10.5. The van der Waals surface area contributed by atoms with Crippen LogP contribution >= 0.6 is 0 Å². The van der Waals surface area contributed by atoms with E-state index in [4.69, 9.17) is 5.73 Å². The maximum absolute atomic E-state index is 13.3. The lowest BCUT2D eigenvalue weighted by atomic mass is 10.1. The Kier molecular flexibility index (Phi) is 3.79. The first-order valence-corrected chi connectivity index (χ1v) is 5.97. The molecule has 1 unspecified atom stereocenters. The number of benzene rings is 1. The monoisotopic (exact) mass is 262 g/mol. The quantitative estimate of drug-likeness (QED) is 0.737. The SMILES string of the molecule is CCC(NC(=O)c1ccc(N)c(F)c1)c1ncc[nH]1. The molecule has 0 saturated heterocycles. The van der Waals surface area contributed by atoms with Crippen molar-refractivity contribution < 1.29 is 9.18 Å². The molecular formula is C13H15FN4O. The van der Waals surface area contributed by atoms with Crippen molar-refractivity contribution in [3.63, 3.8) is 0 Å². The molecule has 0 aliphatic carbocycles. The van der Waals surface area contributed by atoms with Crippen molar-refractivity contribution in [1.29, 1.82) is 0 Å². The van der Waals surface area contributed by atoms with Crippen molar-refractivity contribution >= 4 is 11.6 Å². The lowest BCUT2D eigenvalue weighted by Crippen LogP contribution is -2.29. The third-order valence-corrected chi connectivity index (χ3v) is 2.83. The van der Waals surface area contributed by atoms with E-state index in [0.717, 1.165) is 6.07 Å². The molecule has 1 amide bonds. The summed E-state index contributed by atoms with van der Waals surface area (Å²) in [6, 6.07) is 3.75. The zero-order chi connectivity index (χ0) is 13.8. The van der Waals surface area contributed by atoms with Crippen LogP contribution in [0.2, 0.25) is 0 Å². The van der Waals surface area contributed by atoms with Gasteiger partial charge in [0.1, 0.15) is 11.6 Å². The molecule has 0 aliphatic heterocycles. The lowest BCUT2D eigenvalue weighted by molar-refractivity contribution is 0.0933. The number of nitrogens with one attached hydrogen (secondary N) is 2. The Hall–Kier alpha value is -2.37. The van der Waals surface area contributed by atoms with Gasteiger partial charge in [0.2, 0.25) is 0 Å². The van der Waals surface area contributed by atoms with E-state index >= 15 is 0 Å². The van der Waals surface area contributed by atoms with Gasteiger partial charge < -0.3 is 16.0 Å². The smallest absolute Gasteiger partial charge is 0.251 e. The van der Waals surface area contributed by atoms with Crippen molar-refractivity contribution in [2.45, 2.75) is 19.4 Å². The van der Waals surface area contributed by atoms with E-state index in [1.165, 1.54) is 12.1 Å². The molecule has 0 aliphatic rings. The number of carbonyl (C=O) groups is 1. The number of nitrogens with zero attached hydrogens (tertiary/aromatic N) is 1. The molecule has 0 fully saturated rings. The second-order valence-corrected chi connectivity index (χ2v) is 4.15. The minimum atomic E-state index is -0.598. The van der Waals surface area contributed by atoms with Gasteiger partial charge in [-0.05, 0) is 24.6 Å². The van der Waals surface area contributed by atoms with Crippen LogP contribution in [0.3, 0.4) is 0 Å². The summed E-state index contributed by atoms with van der Waals surface area (Å²) in [5.74, 6) is -0.285. The van der Waals surface area contributed by atoms with E-state index in [1.54, 1.807) is 12.4 Å². The minimum absolute atomic E-state index is 0.0228.